The Bertz CT molecular complexity index is 741. The second-order valence-corrected chi connectivity index (χ2v) is 8.55. The fourth-order valence-corrected chi connectivity index (χ4v) is 5.23. The molecule has 3 aliphatic heterocycles. The lowest BCUT2D eigenvalue weighted by molar-refractivity contribution is -0.141. The van der Waals surface area contributed by atoms with Crippen molar-refractivity contribution in [2.45, 2.75) is 26.7 Å². The fourth-order valence-electron chi connectivity index (χ4n) is 5.23. The summed E-state index contributed by atoms with van der Waals surface area (Å²) in [4.78, 5) is 32.8. The average molecular weight is 355 g/mol. The number of benzene rings is 1. The predicted octanol–water partition coefficient (Wildman–Crippen LogP) is 1.93. The summed E-state index contributed by atoms with van der Waals surface area (Å²) in [5.74, 6) is 0.601. The minimum atomic E-state index is -0.409. The third-order valence-electron chi connectivity index (χ3n) is 6.50. The molecule has 3 aliphatic rings. The van der Waals surface area contributed by atoms with Gasteiger partial charge in [-0.15, -0.1) is 0 Å². The lowest BCUT2D eigenvalue weighted by atomic mass is 9.79. The molecule has 1 aromatic carbocycles. The van der Waals surface area contributed by atoms with Gasteiger partial charge in [0.2, 0.25) is 5.91 Å². The van der Waals surface area contributed by atoms with E-state index in [4.69, 9.17) is 0 Å². The topological polar surface area (TPSA) is 43.9 Å². The molecule has 0 N–H and O–H groups in total. The molecule has 4 rings (SSSR count). The number of fused-ring (bicyclic) bond motifs is 1. The first-order chi connectivity index (χ1) is 12.4. The molecule has 5 nitrogen and oxygen atoms in total. The first kappa shape index (κ1) is 17.5. The van der Waals surface area contributed by atoms with Gasteiger partial charge in [-0.05, 0) is 45.4 Å². The molecule has 0 unspecified atom stereocenters. The van der Waals surface area contributed by atoms with Gasteiger partial charge >= 0.3 is 0 Å². The number of rotatable bonds is 2. The highest BCUT2D eigenvalue weighted by molar-refractivity contribution is 5.97. The average Bonchev–Trinajstić information content (AvgIpc) is 3.28. The highest BCUT2D eigenvalue weighted by atomic mass is 16.2. The van der Waals surface area contributed by atoms with Crippen LogP contribution in [-0.2, 0) is 4.79 Å². The van der Waals surface area contributed by atoms with Crippen molar-refractivity contribution in [2.75, 3.05) is 46.3 Å². The van der Waals surface area contributed by atoms with Crippen LogP contribution in [0.2, 0.25) is 0 Å². The Morgan fingerprint density at radius 2 is 1.77 bits per heavy atom. The zero-order valence-electron chi connectivity index (χ0n) is 16.1. The van der Waals surface area contributed by atoms with Gasteiger partial charge < -0.3 is 14.7 Å². The molecular formula is C21H29N3O2. The Morgan fingerprint density at radius 1 is 1.04 bits per heavy atom. The van der Waals surface area contributed by atoms with Crippen LogP contribution in [0.1, 0.15) is 34.3 Å². The van der Waals surface area contributed by atoms with Crippen LogP contribution in [0.4, 0.5) is 0 Å². The number of nitrogens with zero attached hydrogens (tertiary/aromatic N) is 3. The van der Waals surface area contributed by atoms with E-state index in [2.05, 4.69) is 18.0 Å². The Hall–Kier alpha value is -1.88. The van der Waals surface area contributed by atoms with Crippen molar-refractivity contribution >= 4 is 11.8 Å². The van der Waals surface area contributed by atoms with Crippen LogP contribution >= 0.6 is 0 Å². The van der Waals surface area contributed by atoms with Gasteiger partial charge in [-0.25, -0.2) is 0 Å². The maximum atomic E-state index is 13.4. The molecule has 0 bridgehead atoms. The van der Waals surface area contributed by atoms with Crippen molar-refractivity contribution in [1.29, 1.82) is 0 Å². The quantitative estimate of drug-likeness (QED) is 0.814. The number of hydrogen-bond donors (Lipinski definition) is 0. The summed E-state index contributed by atoms with van der Waals surface area (Å²) in [5.41, 5.74) is 2.55. The van der Waals surface area contributed by atoms with Gasteiger partial charge in [0.05, 0.1) is 5.41 Å². The summed E-state index contributed by atoms with van der Waals surface area (Å²) in [6.07, 6.45) is 2.21. The number of carbonyl (C=O) groups excluding carboxylic acids is 2. The van der Waals surface area contributed by atoms with E-state index in [0.29, 0.717) is 13.1 Å². The van der Waals surface area contributed by atoms with Crippen molar-refractivity contribution in [1.82, 2.24) is 14.7 Å². The molecule has 3 fully saturated rings. The normalized spacial score (nSPS) is 28.7. The molecule has 3 heterocycles. The van der Waals surface area contributed by atoms with E-state index in [-0.39, 0.29) is 17.7 Å². The molecule has 26 heavy (non-hydrogen) atoms. The molecule has 0 aromatic heterocycles. The van der Waals surface area contributed by atoms with Gasteiger partial charge in [-0.1, -0.05) is 17.7 Å². The molecule has 0 aliphatic carbocycles. The van der Waals surface area contributed by atoms with Crippen molar-refractivity contribution in [3.05, 3.63) is 34.9 Å². The van der Waals surface area contributed by atoms with Gasteiger partial charge in [0.1, 0.15) is 0 Å². The van der Waals surface area contributed by atoms with Gasteiger partial charge in [0.15, 0.2) is 0 Å². The third kappa shape index (κ3) is 2.73. The number of amides is 2. The lowest BCUT2D eigenvalue weighted by Crippen LogP contribution is -2.49. The molecule has 1 aromatic rings. The van der Waals surface area contributed by atoms with E-state index in [1.165, 1.54) is 5.56 Å². The highest BCUT2D eigenvalue weighted by Gasteiger charge is 2.58. The molecule has 2 amide bonds. The van der Waals surface area contributed by atoms with Gasteiger partial charge in [-0.3, -0.25) is 9.59 Å². The van der Waals surface area contributed by atoms with Crippen LogP contribution < -0.4 is 0 Å². The minimum Gasteiger partial charge on any atom is -0.342 e. The maximum Gasteiger partial charge on any atom is 0.254 e. The first-order valence-corrected chi connectivity index (χ1v) is 9.75. The predicted molar refractivity (Wildman–Crippen MR) is 101 cm³/mol. The van der Waals surface area contributed by atoms with Crippen LogP contribution in [-0.4, -0.2) is 72.8 Å². The molecule has 5 heteroatoms. The second kappa shape index (κ2) is 6.38. The standard InChI is InChI=1S/C21H29N3O2/c1-15-6-7-18(16(2)10-15)19(25)24-12-17-11-22(3)13-21(17,14-24)20(26)23-8-4-5-9-23/h6-7,10,17H,4-5,8-9,11-14H2,1-3H3/t17-,21-/m0/s1. The highest BCUT2D eigenvalue weighted by Crippen LogP contribution is 2.44. The zero-order chi connectivity index (χ0) is 18.5. The van der Waals surface area contributed by atoms with Crippen molar-refractivity contribution < 1.29 is 9.59 Å². The third-order valence-corrected chi connectivity index (χ3v) is 6.50. The molecular weight excluding hydrogens is 326 g/mol. The molecule has 2 atom stereocenters. The summed E-state index contributed by atoms with van der Waals surface area (Å²) in [7, 11) is 2.09. The molecule has 0 spiro atoms. The Kier molecular flexibility index (Phi) is 4.30. The lowest BCUT2D eigenvalue weighted by Gasteiger charge is -2.32. The Balaban J connectivity index is 1.59. The van der Waals surface area contributed by atoms with Crippen molar-refractivity contribution in [3.8, 4) is 0 Å². The van der Waals surface area contributed by atoms with Gasteiger partial charge in [0.25, 0.3) is 5.91 Å². The van der Waals surface area contributed by atoms with Gasteiger partial charge in [-0.2, -0.15) is 0 Å². The largest absolute Gasteiger partial charge is 0.342 e. The number of aryl methyl sites for hydroxylation is 2. The van der Waals surface area contributed by atoms with Crippen molar-refractivity contribution in [2.24, 2.45) is 11.3 Å². The van der Waals surface area contributed by atoms with Crippen molar-refractivity contribution in [3.63, 3.8) is 0 Å². The van der Waals surface area contributed by atoms with E-state index in [1.807, 2.05) is 35.8 Å². The van der Waals surface area contributed by atoms with Crippen LogP contribution in [0.25, 0.3) is 0 Å². The number of hydrogen-bond acceptors (Lipinski definition) is 3. The summed E-state index contributed by atoms with van der Waals surface area (Å²) < 4.78 is 0. The van der Waals surface area contributed by atoms with E-state index < -0.39 is 5.41 Å². The summed E-state index contributed by atoms with van der Waals surface area (Å²) in [6, 6.07) is 5.99. The minimum absolute atomic E-state index is 0.0770. The monoisotopic (exact) mass is 355 g/mol. The Labute approximate surface area is 155 Å². The van der Waals surface area contributed by atoms with Crippen LogP contribution in [0.5, 0.6) is 0 Å². The maximum absolute atomic E-state index is 13.4. The SMILES string of the molecule is Cc1ccc(C(=O)N2C[C@@H]3CN(C)C[C@]3(C(=O)N3CCCC3)C2)c(C)c1. The molecule has 0 radical (unpaired) electrons. The van der Waals surface area contributed by atoms with E-state index in [0.717, 1.165) is 50.1 Å². The van der Waals surface area contributed by atoms with Gasteiger partial charge in [0, 0.05) is 50.7 Å². The van der Waals surface area contributed by atoms with Crippen LogP contribution in [0.15, 0.2) is 18.2 Å². The zero-order valence-corrected chi connectivity index (χ0v) is 16.1. The molecule has 3 saturated heterocycles. The summed E-state index contributed by atoms with van der Waals surface area (Å²) in [6.45, 7) is 8.71. The van der Waals surface area contributed by atoms with E-state index in [1.54, 1.807) is 0 Å². The van der Waals surface area contributed by atoms with Crippen LogP contribution in [0, 0.1) is 25.2 Å². The van der Waals surface area contributed by atoms with Crippen LogP contribution in [0.3, 0.4) is 0 Å². The van der Waals surface area contributed by atoms with E-state index >= 15 is 0 Å². The van der Waals surface area contributed by atoms with E-state index in [9.17, 15) is 9.59 Å². The smallest absolute Gasteiger partial charge is 0.254 e. The fraction of sp³-hybridized carbons (Fsp3) is 0.619. The molecule has 140 valence electrons. The molecule has 0 saturated carbocycles. The number of likely N-dealkylation sites (tertiary alicyclic amines) is 3. The Morgan fingerprint density at radius 3 is 2.46 bits per heavy atom. The summed E-state index contributed by atoms with van der Waals surface area (Å²) >= 11 is 0. The number of carbonyl (C=O) groups is 2. The summed E-state index contributed by atoms with van der Waals surface area (Å²) in [5, 5.41) is 0. The second-order valence-electron chi connectivity index (χ2n) is 8.55. The first-order valence-electron chi connectivity index (χ1n) is 9.75.